The van der Waals surface area contributed by atoms with Crippen LogP contribution in [-0.4, -0.2) is 33.0 Å². The number of hydrogen-bond donors (Lipinski definition) is 4. The van der Waals surface area contributed by atoms with E-state index in [4.69, 9.17) is 0 Å². The van der Waals surface area contributed by atoms with Crippen LogP contribution in [0.1, 0.15) is 31.3 Å². The highest BCUT2D eigenvalue weighted by atomic mass is 79.9. The molecule has 1 aromatic heterocycles. The molecule has 31 heavy (non-hydrogen) atoms. The highest BCUT2D eigenvalue weighted by Gasteiger charge is 2.17. The van der Waals surface area contributed by atoms with Gasteiger partial charge in [-0.1, -0.05) is 12.1 Å². The standard InChI is InChI=1S/C21H16BrN3O5S/c22-16-9-13(19(27)24-11-12-2-1-3-14(26)8-12)4-5-15(16)20(28)25-17(21(29)30)10-18-23-6-7-31-18/h1-10,26H,11H2,(H,24,27)(H,25,28)(H,29,30). The van der Waals surface area contributed by atoms with Crippen LogP contribution in [0.4, 0.5) is 0 Å². The van der Waals surface area contributed by atoms with E-state index in [1.165, 1.54) is 47.9 Å². The molecule has 0 aliphatic carbocycles. The van der Waals surface area contributed by atoms with E-state index >= 15 is 0 Å². The summed E-state index contributed by atoms with van der Waals surface area (Å²) < 4.78 is 0.328. The van der Waals surface area contributed by atoms with E-state index in [9.17, 15) is 24.6 Å². The minimum absolute atomic E-state index is 0.106. The molecule has 0 aliphatic heterocycles. The molecule has 2 aromatic carbocycles. The Hall–Kier alpha value is -3.50. The van der Waals surface area contributed by atoms with Crippen LogP contribution in [0.15, 0.2) is 64.2 Å². The maximum absolute atomic E-state index is 12.5. The topological polar surface area (TPSA) is 129 Å². The molecule has 2 amide bonds. The van der Waals surface area contributed by atoms with E-state index in [2.05, 4.69) is 31.5 Å². The maximum atomic E-state index is 12.5. The normalized spacial score (nSPS) is 11.1. The number of carboxylic acids is 1. The van der Waals surface area contributed by atoms with Crippen LogP contribution < -0.4 is 10.6 Å². The van der Waals surface area contributed by atoms with Gasteiger partial charge in [0, 0.05) is 34.2 Å². The zero-order valence-electron chi connectivity index (χ0n) is 15.8. The number of aromatic nitrogens is 1. The zero-order chi connectivity index (χ0) is 22.4. The second-order valence-corrected chi connectivity index (χ2v) is 8.02. The molecule has 3 aromatic rings. The molecular weight excluding hydrogens is 486 g/mol. The first-order valence-electron chi connectivity index (χ1n) is 8.85. The van der Waals surface area contributed by atoms with E-state index in [0.29, 0.717) is 15.0 Å². The van der Waals surface area contributed by atoms with Crippen molar-refractivity contribution in [2.24, 2.45) is 0 Å². The fraction of sp³-hybridized carbons (Fsp3) is 0.0476. The summed E-state index contributed by atoms with van der Waals surface area (Å²) >= 11 is 4.49. The number of aromatic hydroxyl groups is 1. The molecule has 0 spiro atoms. The van der Waals surface area contributed by atoms with Crippen molar-refractivity contribution >= 4 is 51.1 Å². The van der Waals surface area contributed by atoms with Crippen LogP contribution in [0.3, 0.4) is 0 Å². The number of phenols is 1. The van der Waals surface area contributed by atoms with Crippen molar-refractivity contribution in [3.05, 3.63) is 85.9 Å². The first kappa shape index (κ1) is 22.2. The van der Waals surface area contributed by atoms with Crippen molar-refractivity contribution in [3.63, 3.8) is 0 Å². The number of carbonyl (C=O) groups excluding carboxylic acids is 2. The monoisotopic (exact) mass is 501 g/mol. The summed E-state index contributed by atoms with van der Waals surface area (Å²) in [5.74, 6) is -2.22. The zero-order valence-corrected chi connectivity index (χ0v) is 18.2. The SMILES string of the molecule is O=C(O)C(=Cc1nccs1)NC(=O)c1ccc(C(=O)NCc2cccc(O)c2)cc1Br. The number of thiazole rings is 1. The Kier molecular flexibility index (Phi) is 7.16. The van der Waals surface area contributed by atoms with Gasteiger partial charge in [0.05, 0.1) is 5.56 Å². The molecule has 0 bridgehead atoms. The maximum Gasteiger partial charge on any atom is 0.352 e. The van der Waals surface area contributed by atoms with Crippen LogP contribution >= 0.6 is 27.3 Å². The summed E-state index contributed by atoms with van der Waals surface area (Å²) in [6.45, 7) is 0.219. The van der Waals surface area contributed by atoms with Crippen molar-refractivity contribution in [3.8, 4) is 5.75 Å². The lowest BCUT2D eigenvalue weighted by Crippen LogP contribution is -2.28. The number of hydrogen-bond acceptors (Lipinski definition) is 6. The third-order valence-electron chi connectivity index (χ3n) is 4.04. The smallest absolute Gasteiger partial charge is 0.352 e. The van der Waals surface area contributed by atoms with Crippen molar-refractivity contribution in [1.82, 2.24) is 15.6 Å². The Bertz CT molecular complexity index is 1160. The summed E-state index contributed by atoms with van der Waals surface area (Å²) in [5.41, 5.74) is 0.882. The van der Waals surface area contributed by atoms with Gasteiger partial charge in [-0.3, -0.25) is 9.59 Å². The van der Waals surface area contributed by atoms with Gasteiger partial charge >= 0.3 is 5.97 Å². The fourth-order valence-electron chi connectivity index (χ4n) is 2.56. The lowest BCUT2D eigenvalue weighted by atomic mass is 10.1. The van der Waals surface area contributed by atoms with E-state index < -0.39 is 11.9 Å². The van der Waals surface area contributed by atoms with E-state index in [1.807, 2.05) is 0 Å². The number of rotatable bonds is 7. The second-order valence-electron chi connectivity index (χ2n) is 6.23. The molecule has 0 atom stereocenters. The lowest BCUT2D eigenvalue weighted by Gasteiger charge is -2.10. The fourth-order valence-corrected chi connectivity index (χ4v) is 3.69. The highest BCUT2D eigenvalue weighted by molar-refractivity contribution is 9.10. The van der Waals surface area contributed by atoms with Gasteiger partial charge in [0.25, 0.3) is 11.8 Å². The molecule has 0 radical (unpaired) electrons. The number of halogens is 1. The summed E-state index contributed by atoms with van der Waals surface area (Å²) in [6, 6.07) is 10.9. The Morgan fingerprint density at radius 3 is 2.58 bits per heavy atom. The van der Waals surface area contributed by atoms with Gasteiger partial charge in [0.1, 0.15) is 16.5 Å². The van der Waals surface area contributed by atoms with Gasteiger partial charge in [-0.15, -0.1) is 11.3 Å². The number of amides is 2. The Morgan fingerprint density at radius 2 is 1.94 bits per heavy atom. The molecule has 0 aliphatic rings. The molecule has 1 heterocycles. The lowest BCUT2D eigenvalue weighted by molar-refractivity contribution is -0.132. The molecule has 0 saturated carbocycles. The molecule has 0 unspecified atom stereocenters. The first-order chi connectivity index (χ1) is 14.8. The molecule has 0 fully saturated rings. The molecule has 0 saturated heterocycles. The number of phenolic OH excluding ortho intramolecular Hbond substituents is 1. The summed E-state index contributed by atoms with van der Waals surface area (Å²) in [7, 11) is 0. The van der Waals surface area contributed by atoms with Crippen molar-refractivity contribution in [1.29, 1.82) is 0 Å². The van der Waals surface area contributed by atoms with E-state index in [1.54, 1.807) is 23.6 Å². The predicted molar refractivity (Wildman–Crippen MR) is 119 cm³/mol. The van der Waals surface area contributed by atoms with E-state index in [0.717, 1.165) is 5.56 Å². The van der Waals surface area contributed by atoms with Gasteiger partial charge < -0.3 is 20.8 Å². The molecule has 10 heteroatoms. The third-order valence-corrected chi connectivity index (χ3v) is 5.42. The van der Waals surface area contributed by atoms with Crippen molar-refractivity contribution < 1.29 is 24.6 Å². The van der Waals surface area contributed by atoms with Crippen LogP contribution in [0.5, 0.6) is 5.75 Å². The molecule has 158 valence electrons. The van der Waals surface area contributed by atoms with Gasteiger partial charge in [0.2, 0.25) is 0 Å². The Morgan fingerprint density at radius 1 is 1.13 bits per heavy atom. The average molecular weight is 502 g/mol. The Labute approximate surface area is 189 Å². The van der Waals surface area contributed by atoms with Crippen molar-refractivity contribution in [2.45, 2.75) is 6.54 Å². The minimum Gasteiger partial charge on any atom is -0.508 e. The van der Waals surface area contributed by atoms with E-state index in [-0.39, 0.29) is 29.5 Å². The quantitative estimate of drug-likeness (QED) is 0.367. The predicted octanol–water partition coefficient (Wildman–Crippen LogP) is 3.40. The Balaban J connectivity index is 1.69. The van der Waals surface area contributed by atoms with Crippen LogP contribution in [0, 0.1) is 0 Å². The molecule has 8 nitrogen and oxygen atoms in total. The summed E-state index contributed by atoms with van der Waals surface area (Å²) in [4.78, 5) is 40.4. The second kappa shape index (κ2) is 10.0. The van der Waals surface area contributed by atoms with Crippen LogP contribution in [0.2, 0.25) is 0 Å². The summed E-state index contributed by atoms with van der Waals surface area (Å²) in [5, 5.41) is 26.0. The molecule has 4 N–H and O–H groups in total. The summed E-state index contributed by atoms with van der Waals surface area (Å²) in [6.07, 6.45) is 2.79. The number of nitrogens with zero attached hydrogens (tertiary/aromatic N) is 1. The van der Waals surface area contributed by atoms with Crippen LogP contribution in [0.25, 0.3) is 6.08 Å². The molecule has 3 rings (SSSR count). The largest absolute Gasteiger partial charge is 0.508 e. The number of carboxylic acid groups (broad SMARTS) is 1. The average Bonchev–Trinajstić information content (AvgIpc) is 3.24. The number of nitrogens with one attached hydrogen (secondary N) is 2. The molecular formula is C21H16BrN3O5S. The number of benzene rings is 2. The van der Waals surface area contributed by atoms with Crippen molar-refractivity contribution in [2.75, 3.05) is 0 Å². The van der Waals surface area contributed by atoms with Gasteiger partial charge in [-0.2, -0.15) is 0 Å². The first-order valence-corrected chi connectivity index (χ1v) is 10.5. The van der Waals surface area contributed by atoms with Gasteiger partial charge in [0.15, 0.2) is 0 Å². The number of aliphatic carboxylic acids is 1. The van der Waals surface area contributed by atoms with Gasteiger partial charge in [-0.05, 0) is 51.8 Å². The highest BCUT2D eigenvalue weighted by Crippen LogP contribution is 2.20. The minimum atomic E-state index is -1.30. The number of carbonyl (C=O) groups is 3. The van der Waals surface area contributed by atoms with Crippen LogP contribution in [-0.2, 0) is 11.3 Å². The van der Waals surface area contributed by atoms with Gasteiger partial charge in [-0.25, -0.2) is 9.78 Å². The third kappa shape index (κ3) is 6.00.